The summed E-state index contributed by atoms with van der Waals surface area (Å²) in [6.07, 6.45) is 0.698. The van der Waals surface area contributed by atoms with Gasteiger partial charge in [-0.3, -0.25) is 15.0 Å². The van der Waals surface area contributed by atoms with E-state index in [1.54, 1.807) is 25.1 Å². The zero-order valence-electron chi connectivity index (χ0n) is 11.2. The van der Waals surface area contributed by atoms with Gasteiger partial charge in [-0.1, -0.05) is 11.6 Å². The van der Waals surface area contributed by atoms with Crippen LogP contribution < -0.4 is 16.0 Å². The molecule has 1 heterocycles. The highest BCUT2D eigenvalue weighted by Gasteiger charge is 2.14. The first-order chi connectivity index (χ1) is 10.0. The van der Waals surface area contributed by atoms with Crippen LogP contribution in [0.2, 0.25) is 5.02 Å². The number of nitrogens with one attached hydrogen (secondary N) is 1. The molecular formula is C14H13ClN2O4. The summed E-state index contributed by atoms with van der Waals surface area (Å²) >= 11 is 5.99. The van der Waals surface area contributed by atoms with E-state index in [2.05, 4.69) is 0 Å². The fraction of sp³-hybridized carbons (Fsp3) is 0.143. The molecule has 1 amide bonds. The summed E-state index contributed by atoms with van der Waals surface area (Å²) in [5.41, 5.74) is 2.84. The van der Waals surface area contributed by atoms with E-state index in [0.717, 1.165) is 0 Å². The number of benzene rings is 1. The average Bonchev–Trinajstić information content (AvgIpc) is 2.86. The topological polar surface area (TPSA) is 94.6 Å². The molecule has 7 heteroatoms. The van der Waals surface area contributed by atoms with Crippen LogP contribution >= 0.6 is 11.6 Å². The highest BCUT2D eigenvalue weighted by molar-refractivity contribution is 6.32. The molecule has 1 aromatic carbocycles. The van der Waals surface area contributed by atoms with E-state index in [0.29, 0.717) is 39.7 Å². The van der Waals surface area contributed by atoms with Crippen molar-refractivity contribution in [2.75, 3.05) is 0 Å². The monoisotopic (exact) mass is 308 g/mol. The SMILES string of the molecule is Cc1oc(COc2ccc(C=O)cc2Cl)cc1C(=O)NN. The van der Waals surface area contributed by atoms with E-state index < -0.39 is 5.91 Å². The van der Waals surface area contributed by atoms with Crippen LogP contribution in [0.4, 0.5) is 0 Å². The third-order valence-corrected chi connectivity index (χ3v) is 3.10. The molecule has 0 fully saturated rings. The van der Waals surface area contributed by atoms with Crippen molar-refractivity contribution in [3.05, 3.63) is 51.9 Å². The Bertz CT molecular complexity index is 682. The second-order valence-corrected chi connectivity index (χ2v) is 4.66. The summed E-state index contributed by atoms with van der Waals surface area (Å²) in [7, 11) is 0. The highest BCUT2D eigenvalue weighted by atomic mass is 35.5. The Labute approximate surface area is 125 Å². The number of amides is 1. The number of nitrogen functional groups attached to an aromatic ring is 1. The number of furan rings is 1. The number of hydrazine groups is 1. The minimum absolute atomic E-state index is 0.0961. The molecule has 2 rings (SSSR count). The molecule has 0 unspecified atom stereocenters. The predicted molar refractivity (Wildman–Crippen MR) is 76.3 cm³/mol. The van der Waals surface area contributed by atoms with Gasteiger partial charge < -0.3 is 9.15 Å². The molecule has 0 radical (unpaired) electrons. The van der Waals surface area contributed by atoms with Gasteiger partial charge in [-0.2, -0.15) is 0 Å². The average molecular weight is 309 g/mol. The largest absolute Gasteiger partial charge is 0.484 e. The van der Waals surface area contributed by atoms with Gasteiger partial charge in [0.25, 0.3) is 5.91 Å². The van der Waals surface area contributed by atoms with Crippen LogP contribution in [-0.4, -0.2) is 12.2 Å². The van der Waals surface area contributed by atoms with E-state index >= 15 is 0 Å². The first-order valence-electron chi connectivity index (χ1n) is 6.03. The molecule has 0 aliphatic carbocycles. The molecule has 0 bridgehead atoms. The number of hydrogen-bond acceptors (Lipinski definition) is 5. The summed E-state index contributed by atoms with van der Waals surface area (Å²) in [5, 5.41) is 0.322. The summed E-state index contributed by atoms with van der Waals surface area (Å²) in [6.45, 7) is 1.75. The van der Waals surface area contributed by atoms with E-state index in [1.165, 1.54) is 6.07 Å². The molecule has 6 nitrogen and oxygen atoms in total. The maximum atomic E-state index is 11.5. The molecule has 0 saturated carbocycles. The lowest BCUT2D eigenvalue weighted by Gasteiger charge is -2.06. The first kappa shape index (κ1) is 15.1. The maximum absolute atomic E-state index is 11.5. The fourth-order valence-corrected chi connectivity index (χ4v) is 2.02. The van der Waals surface area contributed by atoms with Crippen molar-refractivity contribution in [2.45, 2.75) is 13.5 Å². The number of aryl methyl sites for hydroxylation is 1. The molecule has 0 spiro atoms. The smallest absolute Gasteiger partial charge is 0.268 e. The molecule has 0 saturated heterocycles. The van der Waals surface area contributed by atoms with Crippen LogP contribution in [0.25, 0.3) is 0 Å². The lowest BCUT2D eigenvalue weighted by molar-refractivity contribution is 0.0952. The Morgan fingerprint density at radius 2 is 2.24 bits per heavy atom. The van der Waals surface area contributed by atoms with Crippen molar-refractivity contribution < 1.29 is 18.7 Å². The van der Waals surface area contributed by atoms with Crippen LogP contribution in [-0.2, 0) is 6.61 Å². The minimum atomic E-state index is -0.434. The van der Waals surface area contributed by atoms with E-state index in [9.17, 15) is 9.59 Å². The summed E-state index contributed by atoms with van der Waals surface area (Å²) in [4.78, 5) is 22.1. The van der Waals surface area contributed by atoms with Crippen molar-refractivity contribution in [3.63, 3.8) is 0 Å². The summed E-state index contributed by atoms with van der Waals surface area (Å²) in [5.74, 6) is 5.96. The van der Waals surface area contributed by atoms with Gasteiger partial charge in [-0.15, -0.1) is 0 Å². The maximum Gasteiger partial charge on any atom is 0.268 e. The zero-order chi connectivity index (χ0) is 15.4. The van der Waals surface area contributed by atoms with Gasteiger partial charge in [-0.25, -0.2) is 5.84 Å². The third kappa shape index (κ3) is 3.42. The Morgan fingerprint density at radius 3 is 2.86 bits per heavy atom. The third-order valence-electron chi connectivity index (χ3n) is 2.81. The summed E-state index contributed by atoms with van der Waals surface area (Å²) < 4.78 is 10.9. The zero-order valence-corrected chi connectivity index (χ0v) is 11.9. The van der Waals surface area contributed by atoms with Gasteiger partial charge in [0.05, 0.1) is 10.6 Å². The highest BCUT2D eigenvalue weighted by Crippen LogP contribution is 2.26. The molecule has 3 N–H and O–H groups in total. The first-order valence-corrected chi connectivity index (χ1v) is 6.40. The van der Waals surface area contributed by atoms with Gasteiger partial charge >= 0.3 is 0 Å². The van der Waals surface area contributed by atoms with Crippen molar-refractivity contribution in [3.8, 4) is 5.75 Å². The Hall–Kier alpha value is -2.31. The molecule has 0 atom stereocenters. The molecule has 21 heavy (non-hydrogen) atoms. The predicted octanol–water partition coefficient (Wildman–Crippen LogP) is 2.24. The summed E-state index contributed by atoms with van der Waals surface area (Å²) in [6, 6.07) is 6.24. The lowest BCUT2D eigenvalue weighted by Crippen LogP contribution is -2.30. The Kier molecular flexibility index (Phi) is 4.62. The van der Waals surface area contributed by atoms with Crippen LogP contribution in [0, 0.1) is 6.92 Å². The van der Waals surface area contributed by atoms with E-state index in [1.807, 2.05) is 5.43 Å². The Balaban J connectivity index is 2.10. The number of rotatable bonds is 5. The fourth-order valence-electron chi connectivity index (χ4n) is 1.77. The van der Waals surface area contributed by atoms with Crippen LogP contribution in [0.5, 0.6) is 5.75 Å². The molecule has 1 aromatic heterocycles. The van der Waals surface area contributed by atoms with Crippen molar-refractivity contribution in [1.29, 1.82) is 0 Å². The van der Waals surface area contributed by atoms with Crippen LogP contribution in [0.3, 0.4) is 0 Å². The molecule has 0 aliphatic heterocycles. The number of carbonyl (C=O) groups is 2. The lowest BCUT2D eigenvalue weighted by atomic mass is 10.2. The number of halogens is 1. The second kappa shape index (κ2) is 6.43. The normalized spacial score (nSPS) is 10.2. The number of ether oxygens (including phenoxy) is 1. The number of nitrogens with two attached hydrogens (primary N) is 1. The van der Waals surface area contributed by atoms with Gasteiger partial charge in [-0.05, 0) is 31.2 Å². The molecule has 2 aromatic rings. The van der Waals surface area contributed by atoms with Gasteiger partial charge in [0.1, 0.15) is 30.2 Å². The molecular weight excluding hydrogens is 296 g/mol. The standard InChI is InChI=1S/C14H13ClN2O4/c1-8-11(14(19)17-16)5-10(21-8)7-20-13-3-2-9(6-18)4-12(13)15/h2-6H,7,16H2,1H3,(H,17,19). The number of aldehydes is 1. The van der Waals surface area contributed by atoms with E-state index in [-0.39, 0.29) is 6.61 Å². The van der Waals surface area contributed by atoms with Gasteiger partial charge in [0, 0.05) is 5.56 Å². The van der Waals surface area contributed by atoms with Crippen LogP contribution in [0.15, 0.2) is 28.7 Å². The molecule has 0 aliphatic rings. The second-order valence-electron chi connectivity index (χ2n) is 4.25. The minimum Gasteiger partial charge on any atom is -0.484 e. The molecule has 110 valence electrons. The van der Waals surface area contributed by atoms with Crippen molar-refractivity contribution in [2.24, 2.45) is 5.84 Å². The van der Waals surface area contributed by atoms with Gasteiger partial charge in [0.15, 0.2) is 0 Å². The number of hydrogen-bond donors (Lipinski definition) is 2. The van der Waals surface area contributed by atoms with Crippen molar-refractivity contribution >= 4 is 23.8 Å². The van der Waals surface area contributed by atoms with Gasteiger partial charge in [0.2, 0.25) is 0 Å². The van der Waals surface area contributed by atoms with Crippen LogP contribution in [0.1, 0.15) is 32.2 Å². The number of carbonyl (C=O) groups excluding carboxylic acids is 2. The Morgan fingerprint density at radius 1 is 1.48 bits per heavy atom. The van der Waals surface area contributed by atoms with E-state index in [4.69, 9.17) is 26.6 Å². The van der Waals surface area contributed by atoms with Crippen molar-refractivity contribution in [1.82, 2.24) is 5.43 Å². The quantitative estimate of drug-likeness (QED) is 0.382.